The first-order valence-electron chi connectivity index (χ1n) is 5.26. The van der Waals surface area contributed by atoms with Crippen molar-refractivity contribution in [3.05, 3.63) is 0 Å². The summed E-state index contributed by atoms with van der Waals surface area (Å²) >= 11 is 0. The second-order valence-electron chi connectivity index (χ2n) is 3.59. The Labute approximate surface area is 84.6 Å². The molecule has 0 atom stereocenters. The molecule has 2 fully saturated rings. The zero-order valence-electron chi connectivity index (χ0n) is 9.09. The molecule has 2 rings (SSSR count). The van der Waals surface area contributed by atoms with Crippen molar-refractivity contribution in [3.63, 3.8) is 0 Å². The van der Waals surface area contributed by atoms with Gasteiger partial charge in [-0.2, -0.15) is 0 Å². The minimum absolute atomic E-state index is 0.0509. The molecule has 0 aromatic heterocycles. The minimum Gasteiger partial charge on any atom is -0.272 e. The number of nitrogens with one attached hydrogen (secondary N) is 1. The van der Waals surface area contributed by atoms with Gasteiger partial charge in [0.25, 0.3) is 11.8 Å². The molecular formula is C10H18N2O2. The highest BCUT2D eigenvalue weighted by atomic mass is 16.2. The molecule has 0 aromatic carbocycles. The predicted octanol–water partition coefficient (Wildman–Crippen LogP) is 1.08. The molecule has 80 valence electrons. The van der Waals surface area contributed by atoms with Crippen LogP contribution in [0.2, 0.25) is 0 Å². The van der Waals surface area contributed by atoms with Gasteiger partial charge in [-0.3, -0.25) is 20.0 Å². The number of hydrogen-bond acceptors (Lipinski definition) is 2. The fraction of sp³-hybridized carbons (Fsp3) is 0.800. The van der Waals surface area contributed by atoms with Crippen LogP contribution in [-0.4, -0.2) is 23.9 Å². The highest BCUT2D eigenvalue weighted by Gasteiger charge is 2.54. The largest absolute Gasteiger partial charge is 0.272 e. The van der Waals surface area contributed by atoms with Crippen LogP contribution in [0.4, 0.5) is 0 Å². The van der Waals surface area contributed by atoms with Crippen molar-refractivity contribution < 1.29 is 9.59 Å². The van der Waals surface area contributed by atoms with Crippen molar-refractivity contribution in [1.82, 2.24) is 10.4 Å². The molecular weight excluding hydrogens is 180 g/mol. The smallest absolute Gasteiger partial charge is 0.256 e. The van der Waals surface area contributed by atoms with Gasteiger partial charge >= 0.3 is 0 Å². The maximum absolute atomic E-state index is 11.6. The molecule has 1 spiro atoms. The minimum atomic E-state index is -0.686. The normalized spacial score (nSPS) is 23.5. The summed E-state index contributed by atoms with van der Waals surface area (Å²) < 4.78 is 0. The Morgan fingerprint density at radius 1 is 1.21 bits per heavy atom. The summed E-state index contributed by atoms with van der Waals surface area (Å²) in [4.78, 5) is 23.0. The molecule has 14 heavy (non-hydrogen) atoms. The lowest BCUT2D eigenvalue weighted by Gasteiger charge is -2.15. The molecule has 1 aliphatic carbocycles. The first-order valence-corrected chi connectivity index (χ1v) is 5.26. The van der Waals surface area contributed by atoms with Gasteiger partial charge in [0.15, 0.2) is 0 Å². The number of rotatable bonds is 0. The average Bonchev–Trinajstić information content (AvgIpc) is 2.75. The molecule has 0 aromatic rings. The summed E-state index contributed by atoms with van der Waals surface area (Å²) in [7, 11) is 1.60. The summed E-state index contributed by atoms with van der Waals surface area (Å²) in [5.74, 6) is -0.155. The maximum Gasteiger partial charge on any atom is 0.256 e. The van der Waals surface area contributed by atoms with Gasteiger partial charge in [0, 0.05) is 7.05 Å². The summed E-state index contributed by atoms with van der Waals surface area (Å²) in [6, 6.07) is 0. The number of amides is 2. The van der Waals surface area contributed by atoms with Crippen LogP contribution in [0.25, 0.3) is 0 Å². The van der Waals surface area contributed by atoms with E-state index < -0.39 is 5.41 Å². The number of hydrazine groups is 1. The third-order valence-electron chi connectivity index (χ3n) is 2.88. The van der Waals surface area contributed by atoms with Crippen molar-refractivity contribution in [1.29, 1.82) is 0 Å². The zero-order chi connectivity index (χ0) is 10.8. The van der Waals surface area contributed by atoms with Gasteiger partial charge in [-0.1, -0.05) is 26.7 Å². The van der Waals surface area contributed by atoms with Crippen LogP contribution in [0, 0.1) is 5.41 Å². The van der Waals surface area contributed by atoms with E-state index in [-0.39, 0.29) is 11.8 Å². The van der Waals surface area contributed by atoms with Crippen LogP contribution < -0.4 is 5.43 Å². The molecule has 4 heteroatoms. The van der Waals surface area contributed by atoms with Gasteiger partial charge in [-0.15, -0.1) is 0 Å². The van der Waals surface area contributed by atoms with Crippen molar-refractivity contribution >= 4 is 11.8 Å². The quantitative estimate of drug-likeness (QED) is 0.592. The monoisotopic (exact) mass is 198 g/mol. The van der Waals surface area contributed by atoms with Crippen molar-refractivity contribution in [2.24, 2.45) is 5.41 Å². The molecule has 1 N–H and O–H groups in total. The molecule has 1 heterocycles. The fourth-order valence-corrected chi connectivity index (χ4v) is 2.15. The topological polar surface area (TPSA) is 49.4 Å². The van der Waals surface area contributed by atoms with E-state index >= 15 is 0 Å². The fourth-order valence-electron chi connectivity index (χ4n) is 2.15. The summed E-state index contributed by atoms with van der Waals surface area (Å²) in [5.41, 5.74) is 1.86. The Bertz CT molecular complexity index is 245. The number of carbonyl (C=O) groups excluding carboxylic acids is 2. The Hall–Kier alpha value is -1.06. The van der Waals surface area contributed by atoms with E-state index in [1.165, 1.54) is 5.01 Å². The summed E-state index contributed by atoms with van der Waals surface area (Å²) in [5, 5.41) is 1.31. The van der Waals surface area contributed by atoms with Crippen molar-refractivity contribution in [2.75, 3.05) is 7.05 Å². The molecule has 1 aliphatic heterocycles. The number of nitrogens with zero attached hydrogens (tertiary/aromatic N) is 1. The van der Waals surface area contributed by atoms with Crippen molar-refractivity contribution in [2.45, 2.75) is 39.5 Å². The summed E-state index contributed by atoms with van der Waals surface area (Å²) in [6.45, 7) is 4.00. The molecule has 2 aliphatic rings. The predicted molar refractivity (Wildman–Crippen MR) is 53.2 cm³/mol. The van der Waals surface area contributed by atoms with Crippen molar-refractivity contribution in [3.8, 4) is 0 Å². The van der Waals surface area contributed by atoms with Crippen LogP contribution in [0.1, 0.15) is 39.5 Å². The molecule has 0 unspecified atom stereocenters. The molecule has 1 saturated carbocycles. The average molecular weight is 198 g/mol. The van der Waals surface area contributed by atoms with Crippen LogP contribution in [-0.2, 0) is 9.59 Å². The van der Waals surface area contributed by atoms with Gasteiger partial charge in [-0.05, 0) is 12.8 Å². The first kappa shape index (κ1) is 11.0. The van der Waals surface area contributed by atoms with E-state index in [9.17, 15) is 9.59 Å². The number of hydrogen-bond donors (Lipinski definition) is 1. The molecule has 0 radical (unpaired) electrons. The Balaban J connectivity index is 0.000000461. The van der Waals surface area contributed by atoms with E-state index in [2.05, 4.69) is 5.43 Å². The van der Waals surface area contributed by atoms with E-state index in [4.69, 9.17) is 0 Å². The zero-order valence-corrected chi connectivity index (χ0v) is 9.09. The lowest BCUT2D eigenvalue weighted by molar-refractivity contribution is -0.138. The Morgan fingerprint density at radius 3 is 2.07 bits per heavy atom. The van der Waals surface area contributed by atoms with Gasteiger partial charge in [0.1, 0.15) is 5.41 Å². The van der Waals surface area contributed by atoms with Gasteiger partial charge in [0.2, 0.25) is 0 Å². The van der Waals surface area contributed by atoms with Crippen LogP contribution in [0.15, 0.2) is 0 Å². The lowest BCUT2D eigenvalue weighted by atomic mass is 9.86. The molecule has 0 bridgehead atoms. The summed E-state index contributed by atoms with van der Waals surface area (Å²) in [6.07, 6.45) is 3.43. The van der Waals surface area contributed by atoms with Crippen LogP contribution in [0.3, 0.4) is 0 Å². The second kappa shape index (κ2) is 3.98. The van der Waals surface area contributed by atoms with E-state index in [1.807, 2.05) is 13.8 Å². The van der Waals surface area contributed by atoms with Gasteiger partial charge < -0.3 is 0 Å². The highest BCUT2D eigenvalue weighted by molar-refractivity contribution is 6.09. The van der Waals surface area contributed by atoms with E-state index in [0.29, 0.717) is 0 Å². The highest BCUT2D eigenvalue weighted by Crippen LogP contribution is 2.42. The first-order chi connectivity index (χ1) is 6.67. The maximum atomic E-state index is 11.6. The molecule has 1 saturated heterocycles. The van der Waals surface area contributed by atoms with Crippen LogP contribution in [0.5, 0.6) is 0 Å². The van der Waals surface area contributed by atoms with E-state index in [1.54, 1.807) is 7.05 Å². The lowest BCUT2D eigenvalue weighted by Crippen LogP contribution is -2.32. The Morgan fingerprint density at radius 2 is 1.71 bits per heavy atom. The SMILES string of the molecule is CC.CN1NC(=O)C2(CCCC2)C1=O. The number of carbonyl (C=O) groups is 2. The molecule has 2 amide bonds. The van der Waals surface area contributed by atoms with Gasteiger partial charge in [-0.25, -0.2) is 0 Å². The molecule has 4 nitrogen and oxygen atoms in total. The van der Waals surface area contributed by atoms with Crippen LogP contribution >= 0.6 is 0 Å². The third-order valence-corrected chi connectivity index (χ3v) is 2.88. The van der Waals surface area contributed by atoms with Gasteiger partial charge in [0.05, 0.1) is 0 Å². The standard InChI is InChI=1S/C8H12N2O2.C2H6/c1-10-7(12)8(6(11)9-10)4-2-3-5-8;1-2/h2-5H2,1H3,(H,9,11);1-2H3. The Kier molecular flexibility index (Phi) is 3.13. The van der Waals surface area contributed by atoms with E-state index in [0.717, 1.165) is 25.7 Å². The third kappa shape index (κ3) is 1.38. The second-order valence-corrected chi connectivity index (χ2v) is 3.59.